The number of hydrogen-bond donors (Lipinski definition) is 2. The third-order valence-electron chi connectivity index (χ3n) is 6.39. The molecule has 1 aromatic rings. The van der Waals surface area contributed by atoms with Gasteiger partial charge in [-0.2, -0.15) is 0 Å². The maximum atomic E-state index is 13.0. The Bertz CT molecular complexity index is 607. The lowest BCUT2D eigenvalue weighted by atomic mass is 9.49. The van der Waals surface area contributed by atoms with E-state index in [9.17, 15) is 4.79 Å². The van der Waals surface area contributed by atoms with Crippen molar-refractivity contribution in [2.45, 2.75) is 51.5 Å². The molecule has 128 valence electrons. The summed E-state index contributed by atoms with van der Waals surface area (Å²) in [7, 11) is 0. The van der Waals surface area contributed by atoms with E-state index in [1.807, 2.05) is 18.2 Å². The van der Waals surface area contributed by atoms with Gasteiger partial charge in [-0.3, -0.25) is 4.79 Å². The van der Waals surface area contributed by atoms with E-state index in [2.05, 4.69) is 29.7 Å². The van der Waals surface area contributed by atoms with Gasteiger partial charge in [0.05, 0.1) is 11.5 Å². The molecule has 0 radical (unpaired) electrons. The van der Waals surface area contributed by atoms with Crippen LogP contribution < -0.4 is 10.6 Å². The monoisotopic (exact) mass is 342 g/mol. The van der Waals surface area contributed by atoms with E-state index >= 15 is 0 Å². The lowest BCUT2D eigenvalue weighted by molar-refractivity contribution is -0.144. The molecular weight excluding hydrogens is 316 g/mol. The van der Waals surface area contributed by atoms with Crippen LogP contribution in [0.2, 0.25) is 0 Å². The van der Waals surface area contributed by atoms with Crippen LogP contribution in [-0.4, -0.2) is 11.0 Å². The van der Waals surface area contributed by atoms with Gasteiger partial charge in [-0.05, 0) is 81.0 Å². The normalized spacial score (nSPS) is 34.6. The average Bonchev–Trinajstić information content (AvgIpc) is 2.54. The molecule has 1 amide bonds. The second-order valence-corrected chi connectivity index (χ2v) is 8.67. The van der Waals surface area contributed by atoms with Crippen LogP contribution in [0.5, 0.6) is 0 Å². The molecule has 2 N–H and O–H groups in total. The molecule has 4 bridgehead atoms. The van der Waals surface area contributed by atoms with Gasteiger partial charge in [0.25, 0.3) is 0 Å². The Hall–Kier alpha value is -1.42. The fourth-order valence-electron chi connectivity index (χ4n) is 5.68. The van der Waals surface area contributed by atoms with Gasteiger partial charge in [-0.1, -0.05) is 30.3 Å². The van der Waals surface area contributed by atoms with Crippen LogP contribution in [0.3, 0.4) is 0 Å². The maximum absolute atomic E-state index is 13.0. The summed E-state index contributed by atoms with van der Waals surface area (Å²) >= 11 is 5.42. The van der Waals surface area contributed by atoms with E-state index < -0.39 is 0 Å². The Morgan fingerprint density at radius 3 is 2.17 bits per heavy atom. The van der Waals surface area contributed by atoms with Gasteiger partial charge in [0.2, 0.25) is 5.91 Å². The first-order valence-corrected chi connectivity index (χ1v) is 9.62. The second kappa shape index (κ2) is 6.14. The van der Waals surface area contributed by atoms with Crippen molar-refractivity contribution in [2.75, 3.05) is 0 Å². The van der Waals surface area contributed by atoms with E-state index in [1.54, 1.807) is 0 Å². The predicted octanol–water partition coefficient (Wildman–Crippen LogP) is 3.95. The summed E-state index contributed by atoms with van der Waals surface area (Å²) in [6, 6.07) is 10.3. The molecule has 0 aliphatic heterocycles. The van der Waals surface area contributed by atoms with Crippen LogP contribution in [0.15, 0.2) is 30.3 Å². The van der Waals surface area contributed by atoms with Gasteiger partial charge in [0, 0.05) is 0 Å². The zero-order valence-corrected chi connectivity index (χ0v) is 15.1. The first-order chi connectivity index (χ1) is 11.5. The highest BCUT2D eigenvalue weighted by atomic mass is 32.1. The highest BCUT2D eigenvalue weighted by Crippen LogP contribution is 2.60. The smallest absolute Gasteiger partial charge is 0.232 e. The maximum Gasteiger partial charge on any atom is 0.232 e. The number of hydrogen-bond acceptors (Lipinski definition) is 2. The largest absolute Gasteiger partial charge is 0.356 e. The van der Waals surface area contributed by atoms with Gasteiger partial charge in [-0.25, -0.2) is 0 Å². The molecule has 3 nitrogen and oxygen atoms in total. The molecule has 4 aliphatic carbocycles. The summed E-state index contributed by atoms with van der Waals surface area (Å²) in [5, 5.41) is 6.74. The molecule has 0 saturated heterocycles. The van der Waals surface area contributed by atoms with Gasteiger partial charge < -0.3 is 10.6 Å². The Morgan fingerprint density at radius 2 is 1.62 bits per heavy atom. The summed E-state index contributed by atoms with van der Waals surface area (Å²) in [6.07, 6.45) is 7.26. The van der Waals surface area contributed by atoms with Crippen molar-refractivity contribution < 1.29 is 4.79 Å². The van der Waals surface area contributed by atoms with Crippen molar-refractivity contribution in [1.29, 1.82) is 0 Å². The third kappa shape index (κ3) is 2.97. The van der Waals surface area contributed by atoms with Crippen LogP contribution >= 0.6 is 12.2 Å². The van der Waals surface area contributed by atoms with Gasteiger partial charge in [-0.15, -0.1) is 0 Å². The van der Waals surface area contributed by atoms with Crippen molar-refractivity contribution in [2.24, 2.45) is 23.2 Å². The molecule has 1 unspecified atom stereocenters. The molecule has 4 aliphatic rings. The Balaban J connectivity index is 1.38. The molecule has 5 rings (SSSR count). The average molecular weight is 343 g/mol. The highest BCUT2D eigenvalue weighted by Gasteiger charge is 2.54. The summed E-state index contributed by atoms with van der Waals surface area (Å²) < 4.78 is 0. The quantitative estimate of drug-likeness (QED) is 0.817. The lowest BCUT2D eigenvalue weighted by Gasteiger charge is -2.55. The molecule has 0 aromatic heterocycles. The SMILES string of the molecule is CC(NC(=S)NC(=O)C12CC3CC(CC(C3)C1)C2)c1ccccc1. The number of nitrogens with one attached hydrogen (secondary N) is 2. The Labute approximate surface area is 149 Å². The van der Waals surface area contributed by atoms with E-state index in [4.69, 9.17) is 12.2 Å². The summed E-state index contributed by atoms with van der Waals surface area (Å²) in [5.74, 6) is 2.48. The van der Waals surface area contributed by atoms with Crippen molar-refractivity contribution in [3.8, 4) is 0 Å². The number of thiocarbonyl (C=S) groups is 1. The lowest BCUT2D eigenvalue weighted by Crippen LogP contribution is -2.55. The Morgan fingerprint density at radius 1 is 1.08 bits per heavy atom. The number of amides is 1. The van der Waals surface area contributed by atoms with Crippen LogP contribution in [0, 0.1) is 23.2 Å². The first kappa shape index (κ1) is 16.1. The fourth-order valence-corrected chi connectivity index (χ4v) is 5.95. The summed E-state index contributed by atoms with van der Waals surface area (Å²) in [4.78, 5) is 13.0. The van der Waals surface area contributed by atoms with Crippen molar-refractivity contribution in [3.63, 3.8) is 0 Å². The van der Waals surface area contributed by atoms with Gasteiger partial charge in [0.15, 0.2) is 5.11 Å². The number of rotatable bonds is 3. The molecule has 1 atom stereocenters. The van der Waals surface area contributed by atoms with Crippen LogP contribution in [0.4, 0.5) is 0 Å². The van der Waals surface area contributed by atoms with Crippen molar-refractivity contribution >= 4 is 23.2 Å². The molecule has 24 heavy (non-hydrogen) atoms. The van der Waals surface area contributed by atoms with Gasteiger partial charge in [0.1, 0.15) is 0 Å². The fraction of sp³-hybridized carbons (Fsp3) is 0.600. The number of carbonyl (C=O) groups is 1. The minimum atomic E-state index is -0.142. The van der Waals surface area contributed by atoms with E-state index in [-0.39, 0.29) is 17.4 Å². The van der Waals surface area contributed by atoms with E-state index in [0.29, 0.717) is 5.11 Å². The minimum Gasteiger partial charge on any atom is -0.356 e. The van der Waals surface area contributed by atoms with Gasteiger partial charge >= 0.3 is 0 Å². The van der Waals surface area contributed by atoms with Crippen LogP contribution in [0.1, 0.15) is 57.1 Å². The zero-order chi connectivity index (χ0) is 16.7. The molecule has 4 heteroatoms. The topological polar surface area (TPSA) is 41.1 Å². The predicted molar refractivity (Wildman–Crippen MR) is 99.3 cm³/mol. The van der Waals surface area contributed by atoms with Crippen molar-refractivity contribution in [3.05, 3.63) is 35.9 Å². The molecule has 0 spiro atoms. The zero-order valence-electron chi connectivity index (χ0n) is 14.3. The minimum absolute atomic E-state index is 0.0929. The van der Waals surface area contributed by atoms with E-state index in [0.717, 1.165) is 37.0 Å². The van der Waals surface area contributed by atoms with E-state index in [1.165, 1.54) is 24.8 Å². The highest BCUT2D eigenvalue weighted by molar-refractivity contribution is 7.80. The molecular formula is C20H26N2OS. The second-order valence-electron chi connectivity index (χ2n) is 8.26. The number of carbonyl (C=O) groups excluding carboxylic acids is 1. The third-order valence-corrected chi connectivity index (χ3v) is 6.61. The van der Waals surface area contributed by atoms with Crippen molar-refractivity contribution in [1.82, 2.24) is 10.6 Å². The van der Waals surface area contributed by atoms with Crippen LogP contribution in [-0.2, 0) is 4.79 Å². The standard InChI is InChI=1S/C20H26N2OS/c1-13(17-5-3-2-4-6-17)21-19(24)22-18(23)20-10-14-7-15(11-20)9-16(8-14)12-20/h2-6,13-16H,7-12H2,1H3,(H2,21,22,23,24). The van der Waals surface area contributed by atoms with Crippen LogP contribution in [0.25, 0.3) is 0 Å². The molecule has 4 fully saturated rings. The Kier molecular flexibility index (Phi) is 4.11. The summed E-state index contributed by atoms with van der Waals surface area (Å²) in [5.41, 5.74) is 1.03. The summed E-state index contributed by atoms with van der Waals surface area (Å²) in [6.45, 7) is 2.07. The molecule has 0 heterocycles. The molecule has 4 saturated carbocycles. The first-order valence-electron chi connectivity index (χ1n) is 9.21. The molecule has 1 aromatic carbocycles. The number of benzene rings is 1.